The fourth-order valence-corrected chi connectivity index (χ4v) is 5.06. The van der Waals surface area contributed by atoms with Gasteiger partial charge in [-0.25, -0.2) is 0 Å². The van der Waals surface area contributed by atoms with E-state index in [4.69, 9.17) is 22.1 Å². The maximum atomic E-state index is 6.89. The second-order valence-electron chi connectivity index (χ2n) is 8.95. The Balaban J connectivity index is 1.47. The maximum Gasteiger partial charge on any atom is 0.119 e. The maximum absolute atomic E-state index is 6.89. The van der Waals surface area contributed by atoms with E-state index in [1.165, 1.54) is 27.8 Å². The summed E-state index contributed by atoms with van der Waals surface area (Å²) in [5.41, 5.74) is 6.71. The predicted molar refractivity (Wildman–Crippen MR) is 130 cm³/mol. The molecule has 2 aromatic rings. The Labute approximate surface area is 193 Å². The summed E-state index contributed by atoms with van der Waals surface area (Å²) in [6, 6.07) is 18.7. The van der Waals surface area contributed by atoms with Crippen molar-refractivity contribution in [1.29, 1.82) is 0 Å². The summed E-state index contributed by atoms with van der Waals surface area (Å²) in [6.45, 7) is 1.36. The Morgan fingerprint density at radius 2 is 1.78 bits per heavy atom. The van der Waals surface area contributed by atoms with Crippen molar-refractivity contribution in [2.24, 2.45) is 0 Å². The van der Waals surface area contributed by atoms with Crippen LogP contribution in [0.25, 0.3) is 0 Å². The van der Waals surface area contributed by atoms with Crippen LogP contribution in [-0.2, 0) is 22.5 Å². The summed E-state index contributed by atoms with van der Waals surface area (Å²) in [4.78, 5) is 0. The van der Waals surface area contributed by atoms with Gasteiger partial charge >= 0.3 is 0 Å². The normalized spacial score (nSPS) is 22.6. The molecule has 2 aromatic carbocycles. The summed E-state index contributed by atoms with van der Waals surface area (Å²) in [5, 5.41) is -0.265. The Hall–Kier alpha value is -2.30. The topological polar surface area (TPSA) is 27.7 Å². The van der Waals surface area contributed by atoms with E-state index in [0.29, 0.717) is 13.2 Å². The first-order chi connectivity index (χ1) is 15.6. The molecule has 4 rings (SSSR count). The van der Waals surface area contributed by atoms with Gasteiger partial charge in [-0.15, -0.1) is 0 Å². The highest BCUT2D eigenvalue weighted by Crippen LogP contribution is 2.56. The molecular weight excluding hydrogens is 395 g/mol. The van der Waals surface area contributed by atoms with Crippen molar-refractivity contribution in [1.82, 2.24) is 0 Å². The van der Waals surface area contributed by atoms with E-state index < -0.39 is 0 Å². The van der Waals surface area contributed by atoms with E-state index in [9.17, 15) is 0 Å². The first kappa shape index (κ1) is 22.9. The summed E-state index contributed by atoms with van der Waals surface area (Å²) in [6.07, 6.45) is 8.14. The van der Waals surface area contributed by atoms with Crippen LogP contribution >= 0.6 is 0 Å². The zero-order valence-electron chi connectivity index (χ0n) is 19.3. The van der Waals surface area contributed by atoms with E-state index in [1.807, 2.05) is 12.1 Å². The third-order valence-electron chi connectivity index (χ3n) is 6.85. The summed E-state index contributed by atoms with van der Waals surface area (Å²) in [7, 11) is 10.4. The SMILES string of the molecule is [B][C@@]12CC=C(CCOCc3ccccc3)C(CCc3cccc(OC)c3)=C1C[C@H](OC)C2. The second-order valence-corrected chi connectivity index (χ2v) is 8.95. The van der Waals surface area contributed by atoms with Crippen molar-refractivity contribution >= 4 is 7.85 Å². The molecule has 0 aromatic heterocycles. The lowest BCUT2D eigenvalue weighted by molar-refractivity contribution is 0.107. The monoisotopic (exact) mass is 428 g/mol. The van der Waals surface area contributed by atoms with Gasteiger partial charge in [0.15, 0.2) is 0 Å². The number of rotatable bonds is 10. The fourth-order valence-electron chi connectivity index (χ4n) is 5.06. The molecule has 2 aliphatic carbocycles. The van der Waals surface area contributed by atoms with Crippen molar-refractivity contribution in [2.75, 3.05) is 20.8 Å². The second kappa shape index (κ2) is 10.5. The van der Waals surface area contributed by atoms with Gasteiger partial charge in [0.25, 0.3) is 0 Å². The molecule has 0 unspecified atom stereocenters. The highest BCUT2D eigenvalue weighted by atomic mass is 16.5. The largest absolute Gasteiger partial charge is 0.497 e. The average Bonchev–Trinajstić information content (AvgIpc) is 3.18. The molecule has 0 spiro atoms. The summed E-state index contributed by atoms with van der Waals surface area (Å²) in [5.74, 6) is 0.905. The number of ether oxygens (including phenoxy) is 3. The third kappa shape index (κ3) is 5.36. The van der Waals surface area contributed by atoms with Crippen molar-refractivity contribution in [2.45, 2.75) is 56.6 Å². The van der Waals surface area contributed by atoms with Gasteiger partial charge in [-0.3, -0.25) is 0 Å². The summed E-state index contributed by atoms with van der Waals surface area (Å²) >= 11 is 0. The lowest BCUT2D eigenvalue weighted by Gasteiger charge is -2.33. The molecular formula is C28H33BO3. The standard InChI is InChI=1S/C28H33BO3/c1-30-24-10-6-9-21(17-24)11-12-26-23(14-16-32-20-22-7-4-3-5-8-22)13-15-28(29)19-25(31-2)18-27(26)28/h3-10,13,17,25H,11-12,14-16,18-20H2,1-2H3/t25-,28+/m0/s1. The minimum absolute atomic E-state index is 0.212. The lowest BCUT2D eigenvalue weighted by Crippen LogP contribution is -2.18. The van der Waals surface area contributed by atoms with Gasteiger partial charge in [0.05, 0.1) is 34.3 Å². The van der Waals surface area contributed by atoms with Gasteiger partial charge in [0.1, 0.15) is 5.75 Å². The van der Waals surface area contributed by atoms with Gasteiger partial charge in [0, 0.05) is 7.11 Å². The lowest BCUT2D eigenvalue weighted by atomic mass is 9.58. The zero-order valence-corrected chi connectivity index (χ0v) is 19.3. The highest BCUT2D eigenvalue weighted by Gasteiger charge is 2.42. The van der Waals surface area contributed by atoms with Crippen LogP contribution < -0.4 is 4.74 Å². The Morgan fingerprint density at radius 1 is 0.969 bits per heavy atom. The predicted octanol–water partition coefficient (Wildman–Crippen LogP) is 6.00. The molecule has 0 N–H and O–H groups in total. The molecule has 2 radical (unpaired) electrons. The van der Waals surface area contributed by atoms with Gasteiger partial charge in [0.2, 0.25) is 0 Å². The molecule has 3 nitrogen and oxygen atoms in total. The van der Waals surface area contributed by atoms with Gasteiger partial charge in [-0.2, -0.15) is 0 Å². The van der Waals surface area contributed by atoms with E-state index in [0.717, 1.165) is 44.3 Å². The number of fused-ring (bicyclic) bond motifs is 1. The molecule has 2 atom stereocenters. The quantitative estimate of drug-likeness (QED) is 0.343. The first-order valence-corrected chi connectivity index (χ1v) is 11.6. The third-order valence-corrected chi connectivity index (χ3v) is 6.85. The van der Waals surface area contributed by atoms with Gasteiger partial charge < -0.3 is 14.2 Å². The molecule has 4 heteroatoms. The van der Waals surface area contributed by atoms with Gasteiger partial charge in [-0.1, -0.05) is 54.1 Å². The Bertz CT molecular complexity index is 966. The van der Waals surface area contributed by atoms with Crippen LogP contribution in [0.1, 0.15) is 43.2 Å². The number of hydrogen-bond donors (Lipinski definition) is 0. The van der Waals surface area contributed by atoms with Gasteiger partial charge in [-0.05, 0) is 78.2 Å². The van der Waals surface area contributed by atoms with Crippen molar-refractivity contribution in [3.05, 3.63) is 88.5 Å². The number of methoxy groups -OCH3 is 2. The molecule has 0 amide bonds. The van der Waals surface area contributed by atoms with Crippen LogP contribution in [0.5, 0.6) is 5.75 Å². The fraction of sp³-hybridized carbons (Fsp3) is 0.429. The zero-order chi connectivity index (χ0) is 22.4. The van der Waals surface area contributed by atoms with E-state index in [2.05, 4.69) is 48.5 Å². The average molecular weight is 428 g/mol. The molecule has 1 fully saturated rings. The minimum atomic E-state index is -0.265. The van der Waals surface area contributed by atoms with Crippen LogP contribution in [0, 0.1) is 0 Å². The molecule has 32 heavy (non-hydrogen) atoms. The molecule has 0 bridgehead atoms. The van der Waals surface area contributed by atoms with E-state index >= 15 is 0 Å². The number of allylic oxidation sites excluding steroid dienone is 2. The first-order valence-electron chi connectivity index (χ1n) is 11.6. The molecule has 2 aliphatic rings. The van der Waals surface area contributed by atoms with E-state index in [-0.39, 0.29) is 11.4 Å². The van der Waals surface area contributed by atoms with Crippen LogP contribution in [0.2, 0.25) is 5.31 Å². The smallest absolute Gasteiger partial charge is 0.119 e. The van der Waals surface area contributed by atoms with Crippen LogP contribution in [0.3, 0.4) is 0 Å². The van der Waals surface area contributed by atoms with Crippen molar-refractivity contribution in [3.8, 4) is 5.75 Å². The Kier molecular flexibility index (Phi) is 7.54. The number of aryl methyl sites for hydroxylation is 1. The van der Waals surface area contributed by atoms with Crippen molar-refractivity contribution in [3.63, 3.8) is 0 Å². The summed E-state index contributed by atoms with van der Waals surface area (Å²) < 4.78 is 17.1. The molecule has 0 saturated heterocycles. The van der Waals surface area contributed by atoms with Crippen molar-refractivity contribution < 1.29 is 14.2 Å². The Morgan fingerprint density at radius 3 is 2.56 bits per heavy atom. The molecule has 0 aliphatic heterocycles. The highest BCUT2D eigenvalue weighted by molar-refractivity contribution is 6.18. The van der Waals surface area contributed by atoms with Crippen LogP contribution in [0.15, 0.2) is 77.4 Å². The number of hydrogen-bond acceptors (Lipinski definition) is 3. The van der Waals surface area contributed by atoms with E-state index in [1.54, 1.807) is 14.2 Å². The minimum Gasteiger partial charge on any atom is -0.497 e. The molecule has 166 valence electrons. The number of benzene rings is 2. The molecule has 0 heterocycles. The van der Waals surface area contributed by atoms with Crippen LogP contribution in [-0.4, -0.2) is 34.8 Å². The van der Waals surface area contributed by atoms with Crippen LogP contribution in [0.4, 0.5) is 0 Å². The molecule has 1 saturated carbocycles.